The molecule has 2 atom stereocenters. The van der Waals surface area contributed by atoms with E-state index in [9.17, 15) is 4.79 Å². The van der Waals surface area contributed by atoms with Gasteiger partial charge in [0.2, 0.25) is 0 Å². The molecule has 0 amide bonds. The number of hydrogen-bond acceptors (Lipinski definition) is 3. The fourth-order valence-corrected chi connectivity index (χ4v) is 2.29. The Morgan fingerprint density at radius 1 is 1.56 bits per heavy atom. The van der Waals surface area contributed by atoms with Gasteiger partial charge in [-0.25, -0.2) is 0 Å². The number of aliphatic carboxylic acids is 1. The van der Waals surface area contributed by atoms with Crippen LogP contribution in [0.5, 0.6) is 0 Å². The summed E-state index contributed by atoms with van der Waals surface area (Å²) in [6.07, 6.45) is 5.41. The van der Waals surface area contributed by atoms with E-state index in [4.69, 9.17) is 10.8 Å². The van der Waals surface area contributed by atoms with Crippen LogP contribution in [0.15, 0.2) is 0 Å². The number of nitrogens with two attached hydrogens (primary N) is 1. The monoisotopic (exact) mass is 228 g/mol. The van der Waals surface area contributed by atoms with E-state index in [0.717, 1.165) is 13.0 Å². The molecule has 0 bridgehead atoms. The van der Waals surface area contributed by atoms with Crippen LogP contribution >= 0.6 is 0 Å². The van der Waals surface area contributed by atoms with Gasteiger partial charge in [-0.15, -0.1) is 0 Å². The Bertz CT molecular complexity index is 245. The van der Waals surface area contributed by atoms with Crippen molar-refractivity contribution in [3.05, 3.63) is 0 Å². The summed E-state index contributed by atoms with van der Waals surface area (Å²) in [7, 11) is 0. The molecule has 1 rings (SSSR count). The van der Waals surface area contributed by atoms with Crippen molar-refractivity contribution in [1.29, 1.82) is 0 Å². The molecular weight excluding hydrogens is 204 g/mol. The zero-order valence-corrected chi connectivity index (χ0v) is 10.4. The molecule has 0 saturated carbocycles. The lowest BCUT2D eigenvalue weighted by molar-refractivity contribution is -0.142. The second-order valence-corrected chi connectivity index (χ2v) is 5.03. The van der Waals surface area contributed by atoms with E-state index in [1.165, 1.54) is 19.3 Å². The number of likely N-dealkylation sites (tertiary alicyclic amines) is 1. The lowest BCUT2D eigenvalue weighted by Crippen LogP contribution is -2.50. The summed E-state index contributed by atoms with van der Waals surface area (Å²) in [4.78, 5) is 13.2. The molecule has 94 valence electrons. The Labute approximate surface area is 97.8 Å². The number of carboxylic acids is 1. The van der Waals surface area contributed by atoms with E-state index in [0.29, 0.717) is 19.0 Å². The highest BCUT2D eigenvalue weighted by atomic mass is 16.4. The molecule has 3 N–H and O–H groups in total. The van der Waals surface area contributed by atoms with Crippen LogP contribution in [0.25, 0.3) is 0 Å². The lowest BCUT2D eigenvalue weighted by Gasteiger charge is -2.25. The molecule has 1 aliphatic heterocycles. The predicted octanol–water partition coefficient (Wildman–Crippen LogP) is 1.44. The van der Waals surface area contributed by atoms with Gasteiger partial charge in [0.25, 0.3) is 0 Å². The van der Waals surface area contributed by atoms with Gasteiger partial charge >= 0.3 is 5.97 Å². The van der Waals surface area contributed by atoms with Gasteiger partial charge in [0, 0.05) is 19.1 Å². The zero-order chi connectivity index (χ0) is 12.2. The van der Waals surface area contributed by atoms with Crippen molar-refractivity contribution in [3.63, 3.8) is 0 Å². The molecule has 2 unspecified atom stereocenters. The Balaban J connectivity index is 2.37. The van der Waals surface area contributed by atoms with Crippen molar-refractivity contribution in [2.24, 2.45) is 5.73 Å². The van der Waals surface area contributed by atoms with Gasteiger partial charge in [0.15, 0.2) is 0 Å². The van der Waals surface area contributed by atoms with Crippen molar-refractivity contribution < 1.29 is 9.90 Å². The molecule has 0 spiro atoms. The molecule has 0 aromatic carbocycles. The Hall–Kier alpha value is -0.610. The molecule has 0 aliphatic carbocycles. The molecule has 0 aromatic heterocycles. The first-order valence-electron chi connectivity index (χ1n) is 6.26. The minimum Gasteiger partial charge on any atom is -0.480 e. The van der Waals surface area contributed by atoms with Crippen LogP contribution in [-0.2, 0) is 4.79 Å². The third kappa shape index (κ3) is 3.19. The predicted molar refractivity (Wildman–Crippen MR) is 64.3 cm³/mol. The molecule has 1 saturated heterocycles. The van der Waals surface area contributed by atoms with Gasteiger partial charge in [-0.3, -0.25) is 9.69 Å². The van der Waals surface area contributed by atoms with E-state index in [1.807, 2.05) is 0 Å². The molecule has 0 radical (unpaired) electrons. The standard InChI is InChI=1S/C12H24N2O2/c1-3-4-5-6-10(2)14-8-7-12(13,9-14)11(15)16/h10H,3-9,13H2,1-2H3,(H,15,16). The molecule has 0 aromatic rings. The summed E-state index contributed by atoms with van der Waals surface area (Å²) < 4.78 is 0. The maximum atomic E-state index is 11.0. The molecule has 4 nitrogen and oxygen atoms in total. The van der Waals surface area contributed by atoms with Crippen LogP contribution < -0.4 is 5.73 Å². The van der Waals surface area contributed by atoms with Crippen LogP contribution in [0.1, 0.15) is 46.0 Å². The van der Waals surface area contributed by atoms with Crippen LogP contribution in [-0.4, -0.2) is 40.6 Å². The van der Waals surface area contributed by atoms with Crippen LogP contribution in [0.4, 0.5) is 0 Å². The first-order valence-corrected chi connectivity index (χ1v) is 6.26. The van der Waals surface area contributed by atoms with E-state index in [2.05, 4.69) is 18.7 Å². The third-order valence-corrected chi connectivity index (χ3v) is 3.61. The molecular formula is C12H24N2O2. The highest BCUT2D eigenvalue weighted by Gasteiger charge is 2.42. The first-order chi connectivity index (χ1) is 7.49. The third-order valence-electron chi connectivity index (χ3n) is 3.61. The van der Waals surface area contributed by atoms with Crippen molar-refractivity contribution >= 4 is 5.97 Å². The summed E-state index contributed by atoms with van der Waals surface area (Å²) in [5, 5.41) is 9.03. The number of nitrogens with zero attached hydrogens (tertiary/aromatic N) is 1. The fraction of sp³-hybridized carbons (Fsp3) is 0.917. The maximum Gasteiger partial charge on any atom is 0.325 e. The number of carbonyl (C=O) groups is 1. The average molecular weight is 228 g/mol. The maximum absolute atomic E-state index is 11.0. The highest BCUT2D eigenvalue weighted by molar-refractivity contribution is 5.79. The normalized spacial score (nSPS) is 28.2. The molecule has 1 aliphatic rings. The van der Waals surface area contributed by atoms with Crippen molar-refractivity contribution in [3.8, 4) is 0 Å². The van der Waals surface area contributed by atoms with Gasteiger partial charge < -0.3 is 10.8 Å². The summed E-state index contributed by atoms with van der Waals surface area (Å²) in [5.41, 5.74) is 4.83. The van der Waals surface area contributed by atoms with Crippen molar-refractivity contribution in [2.45, 2.75) is 57.5 Å². The average Bonchev–Trinajstić information content (AvgIpc) is 2.63. The number of rotatable bonds is 6. The van der Waals surface area contributed by atoms with E-state index >= 15 is 0 Å². The Morgan fingerprint density at radius 3 is 2.75 bits per heavy atom. The minimum absolute atomic E-state index is 0.455. The quantitative estimate of drug-likeness (QED) is 0.675. The highest BCUT2D eigenvalue weighted by Crippen LogP contribution is 2.23. The van der Waals surface area contributed by atoms with Crippen LogP contribution in [0.3, 0.4) is 0 Å². The van der Waals surface area contributed by atoms with Crippen LogP contribution in [0.2, 0.25) is 0 Å². The van der Waals surface area contributed by atoms with Gasteiger partial charge in [-0.05, 0) is 19.8 Å². The summed E-state index contributed by atoms with van der Waals surface area (Å²) in [6, 6.07) is 0.455. The number of unbranched alkanes of at least 4 members (excludes halogenated alkanes) is 2. The van der Waals surface area contributed by atoms with E-state index < -0.39 is 11.5 Å². The van der Waals surface area contributed by atoms with Gasteiger partial charge in [0.1, 0.15) is 5.54 Å². The van der Waals surface area contributed by atoms with Crippen molar-refractivity contribution in [1.82, 2.24) is 4.90 Å². The first kappa shape index (κ1) is 13.5. The lowest BCUT2D eigenvalue weighted by atomic mass is 10.0. The van der Waals surface area contributed by atoms with Crippen LogP contribution in [0, 0.1) is 0 Å². The molecule has 4 heteroatoms. The van der Waals surface area contributed by atoms with Gasteiger partial charge in [-0.1, -0.05) is 26.2 Å². The number of hydrogen-bond donors (Lipinski definition) is 2. The van der Waals surface area contributed by atoms with Crippen molar-refractivity contribution in [2.75, 3.05) is 13.1 Å². The second kappa shape index (κ2) is 5.64. The SMILES string of the molecule is CCCCCC(C)N1CCC(N)(C(=O)O)C1. The minimum atomic E-state index is -1.01. The Morgan fingerprint density at radius 2 is 2.25 bits per heavy atom. The Kier molecular flexibility index (Phi) is 4.74. The number of carboxylic acid groups (broad SMARTS) is 1. The topological polar surface area (TPSA) is 66.6 Å². The van der Waals surface area contributed by atoms with Gasteiger partial charge in [0.05, 0.1) is 0 Å². The van der Waals surface area contributed by atoms with E-state index in [-0.39, 0.29) is 0 Å². The van der Waals surface area contributed by atoms with Gasteiger partial charge in [-0.2, -0.15) is 0 Å². The zero-order valence-electron chi connectivity index (χ0n) is 10.4. The smallest absolute Gasteiger partial charge is 0.325 e. The molecule has 1 heterocycles. The largest absolute Gasteiger partial charge is 0.480 e. The summed E-state index contributed by atoms with van der Waals surface area (Å²) >= 11 is 0. The summed E-state index contributed by atoms with van der Waals surface area (Å²) in [5.74, 6) is -0.865. The second-order valence-electron chi connectivity index (χ2n) is 5.03. The molecule has 1 fully saturated rings. The fourth-order valence-electron chi connectivity index (χ4n) is 2.29. The molecule has 16 heavy (non-hydrogen) atoms. The van der Waals surface area contributed by atoms with E-state index in [1.54, 1.807) is 0 Å². The summed E-state index contributed by atoms with van der Waals surface area (Å²) in [6.45, 7) is 5.67.